The molecule has 3 rings (SSSR count). The summed E-state index contributed by atoms with van der Waals surface area (Å²) >= 11 is 13.5. The number of benzene rings is 1. The fourth-order valence-electron chi connectivity index (χ4n) is 1.95. The van der Waals surface area contributed by atoms with E-state index in [0.717, 1.165) is 17.7 Å². The number of aromatic nitrogens is 2. The number of nitrogens with zero attached hydrogens (tertiary/aromatic N) is 2. The maximum atomic E-state index is 12.2. The molecule has 1 unspecified atom stereocenters. The highest BCUT2D eigenvalue weighted by molar-refractivity contribution is 7.99. The van der Waals surface area contributed by atoms with E-state index >= 15 is 0 Å². The summed E-state index contributed by atoms with van der Waals surface area (Å²) in [5.41, 5.74) is 0.707. The van der Waals surface area contributed by atoms with Crippen LogP contribution in [0.1, 0.15) is 6.42 Å². The molecular formula is C13H12Cl2N2OS. The van der Waals surface area contributed by atoms with Gasteiger partial charge in [0, 0.05) is 18.7 Å². The molecule has 1 fully saturated rings. The molecule has 0 spiro atoms. The minimum absolute atomic E-state index is 0.0214. The molecule has 0 aliphatic heterocycles. The molecule has 1 heterocycles. The largest absolute Gasteiger partial charge is 0.290 e. The van der Waals surface area contributed by atoms with E-state index in [2.05, 4.69) is 4.98 Å². The van der Waals surface area contributed by atoms with Gasteiger partial charge in [-0.25, -0.2) is 4.98 Å². The van der Waals surface area contributed by atoms with Gasteiger partial charge in [-0.05, 0) is 18.6 Å². The number of thioether (sulfide) groups is 1. The van der Waals surface area contributed by atoms with E-state index in [-0.39, 0.29) is 11.5 Å². The van der Waals surface area contributed by atoms with Crippen molar-refractivity contribution in [3.63, 3.8) is 0 Å². The second-order valence-corrected chi connectivity index (χ2v) is 7.28. The van der Waals surface area contributed by atoms with E-state index in [0.29, 0.717) is 10.5 Å². The minimum atomic E-state index is -0.581. The average Bonchev–Trinajstić information content (AvgIpc) is 3.00. The number of fused-ring (bicyclic) bond motifs is 1. The van der Waals surface area contributed by atoms with Crippen LogP contribution in [-0.4, -0.2) is 19.6 Å². The molecule has 1 saturated carbocycles. The lowest BCUT2D eigenvalue weighted by molar-refractivity contribution is 0.725. The van der Waals surface area contributed by atoms with Crippen molar-refractivity contribution in [1.29, 1.82) is 0 Å². The maximum absolute atomic E-state index is 12.2. The Bertz CT molecular complexity index is 699. The van der Waals surface area contributed by atoms with E-state index in [1.54, 1.807) is 17.7 Å². The average molecular weight is 315 g/mol. The fourth-order valence-corrected chi connectivity index (χ4v) is 3.85. The second-order valence-electron chi connectivity index (χ2n) is 4.75. The van der Waals surface area contributed by atoms with Crippen LogP contribution in [0.3, 0.4) is 0 Å². The topological polar surface area (TPSA) is 34.9 Å². The summed E-state index contributed by atoms with van der Waals surface area (Å²) in [4.78, 5) is 16.7. The molecule has 0 amide bonds. The Morgan fingerprint density at radius 3 is 2.84 bits per heavy atom. The van der Waals surface area contributed by atoms with Gasteiger partial charge >= 0.3 is 0 Å². The summed E-state index contributed by atoms with van der Waals surface area (Å²) < 4.78 is 1.00. The molecule has 2 aromatic rings. The smallest absolute Gasteiger partial charge is 0.261 e. The fraction of sp³-hybridized carbons (Fsp3) is 0.385. The maximum Gasteiger partial charge on any atom is 0.261 e. The van der Waals surface area contributed by atoms with Crippen LogP contribution in [0.4, 0.5) is 0 Å². The second kappa shape index (κ2) is 4.69. The normalized spacial score (nSPS) is 20.7. The molecule has 1 aromatic carbocycles. The number of hydrogen-bond donors (Lipinski definition) is 0. The summed E-state index contributed by atoms with van der Waals surface area (Å²) in [6.45, 7) is 0. The highest BCUT2D eigenvalue weighted by atomic mass is 35.5. The van der Waals surface area contributed by atoms with Crippen molar-refractivity contribution < 1.29 is 0 Å². The van der Waals surface area contributed by atoms with Crippen LogP contribution >= 0.6 is 35.0 Å². The van der Waals surface area contributed by atoms with Gasteiger partial charge in [-0.1, -0.05) is 23.9 Å². The van der Waals surface area contributed by atoms with Gasteiger partial charge in [-0.15, -0.1) is 23.2 Å². The molecule has 1 aliphatic rings. The molecule has 100 valence electrons. The lowest BCUT2D eigenvalue weighted by Crippen LogP contribution is -2.20. The third kappa shape index (κ3) is 2.49. The van der Waals surface area contributed by atoms with Crippen LogP contribution in [0.25, 0.3) is 10.9 Å². The van der Waals surface area contributed by atoms with Gasteiger partial charge in [0.1, 0.15) is 4.33 Å². The first-order chi connectivity index (χ1) is 8.99. The first kappa shape index (κ1) is 13.3. The molecule has 19 heavy (non-hydrogen) atoms. The quantitative estimate of drug-likeness (QED) is 0.495. The van der Waals surface area contributed by atoms with Crippen LogP contribution in [-0.2, 0) is 7.05 Å². The van der Waals surface area contributed by atoms with Crippen LogP contribution in [0.5, 0.6) is 0 Å². The van der Waals surface area contributed by atoms with Crippen molar-refractivity contribution in [2.24, 2.45) is 13.0 Å². The van der Waals surface area contributed by atoms with Crippen molar-refractivity contribution in [2.45, 2.75) is 15.9 Å². The van der Waals surface area contributed by atoms with Crippen molar-refractivity contribution in [2.75, 3.05) is 5.75 Å². The van der Waals surface area contributed by atoms with Crippen LogP contribution in [0.2, 0.25) is 0 Å². The summed E-state index contributed by atoms with van der Waals surface area (Å²) in [6.07, 6.45) is 0.810. The van der Waals surface area contributed by atoms with Crippen LogP contribution in [0, 0.1) is 5.92 Å². The van der Waals surface area contributed by atoms with Crippen molar-refractivity contribution in [3.8, 4) is 0 Å². The molecule has 1 aromatic heterocycles. The number of alkyl halides is 2. The third-order valence-corrected chi connectivity index (χ3v) is 5.43. The molecular weight excluding hydrogens is 303 g/mol. The minimum Gasteiger partial charge on any atom is -0.290 e. The monoisotopic (exact) mass is 314 g/mol. The Kier molecular flexibility index (Phi) is 3.28. The standard InChI is InChI=1S/C13H12Cl2N2OS/c1-17-11(18)9-4-2-3-5-10(9)16-12(17)19-7-8-6-13(8,14)15/h2-5,8H,6-7H2,1H3. The summed E-state index contributed by atoms with van der Waals surface area (Å²) in [5, 5.41) is 1.35. The Hall–Kier alpha value is -0.710. The number of para-hydroxylation sites is 1. The lowest BCUT2D eigenvalue weighted by atomic mass is 10.2. The molecule has 0 N–H and O–H groups in total. The number of halogens is 2. The van der Waals surface area contributed by atoms with E-state index in [1.807, 2.05) is 18.2 Å². The molecule has 0 bridgehead atoms. The highest BCUT2D eigenvalue weighted by Crippen LogP contribution is 2.54. The van der Waals surface area contributed by atoms with E-state index in [1.165, 1.54) is 11.8 Å². The van der Waals surface area contributed by atoms with Gasteiger partial charge in [0.15, 0.2) is 5.16 Å². The lowest BCUT2D eigenvalue weighted by Gasteiger charge is -2.08. The van der Waals surface area contributed by atoms with Crippen molar-refractivity contribution in [1.82, 2.24) is 9.55 Å². The van der Waals surface area contributed by atoms with E-state index < -0.39 is 4.33 Å². The molecule has 6 heteroatoms. The zero-order valence-corrected chi connectivity index (χ0v) is 12.6. The molecule has 3 nitrogen and oxygen atoms in total. The van der Waals surface area contributed by atoms with E-state index in [9.17, 15) is 4.79 Å². The van der Waals surface area contributed by atoms with Gasteiger partial charge in [0.2, 0.25) is 0 Å². The predicted octanol–water partition coefficient (Wildman–Crippen LogP) is 3.22. The first-order valence-electron chi connectivity index (χ1n) is 5.95. The molecule has 0 saturated heterocycles. The Labute approximate surface area is 124 Å². The zero-order valence-electron chi connectivity index (χ0n) is 10.3. The third-order valence-electron chi connectivity index (χ3n) is 3.31. The molecule has 1 aliphatic carbocycles. The zero-order chi connectivity index (χ0) is 13.6. The highest BCUT2D eigenvalue weighted by Gasteiger charge is 2.51. The van der Waals surface area contributed by atoms with Crippen molar-refractivity contribution >= 4 is 45.9 Å². The van der Waals surface area contributed by atoms with Crippen LogP contribution < -0.4 is 5.56 Å². The predicted molar refractivity (Wildman–Crippen MR) is 80.3 cm³/mol. The Balaban J connectivity index is 1.91. The first-order valence-corrected chi connectivity index (χ1v) is 7.69. The van der Waals surface area contributed by atoms with Gasteiger partial charge in [0.25, 0.3) is 5.56 Å². The number of rotatable bonds is 3. The van der Waals surface area contributed by atoms with Gasteiger partial charge in [0.05, 0.1) is 10.9 Å². The van der Waals surface area contributed by atoms with Gasteiger partial charge in [-0.2, -0.15) is 0 Å². The molecule has 0 radical (unpaired) electrons. The summed E-state index contributed by atoms with van der Waals surface area (Å²) in [6, 6.07) is 7.37. The summed E-state index contributed by atoms with van der Waals surface area (Å²) in [7, 11) is 1.74. The van der Waals surface area contributed by atoms with Gasteiger partial charge < -0.3 is 0 Å². The van der Waals surface area contributed by atoms with Gasteiger partial charge in [-0.3, -0.25) is 9.36 Å². The summed E-state index contributed by atoms with van der Waals surface area (Å²) in [5.74, 6) is 1.07. The SMILES string of the molecule is Cn1c(SCC2CC2(Cl)Cl)nc2ccccc2c1=O. The molecule has 1 atom stereocenters. The van der Waals surface area contributed by atoms with Crippen LogP contribution in [0.15, 0.2) is 34.2 Å². The number of hydrogen-bond acceptors (Lipinski definition) is 3. The van der Waals surface area contributed by atoms with E-state index in [4.69, 9.17) is 23.2 Å². The Morgan fingerprint density at radius 1 is 1.47 bits per heavy atom. The van der Waals surface area contributed by atoms with Crippen molar-refractivity contribution in [3.05, 3.63) is 34.6 Å². The Morgan fingerprint density at radius 2 is 2.16 bits per heavy atom.